The standard InChI is InChI=1S/C18H21N3O6/c1-4-11(3)27-13-8-6-12(10-14(13)26-5-2)7-9-15-19-17(22)16(21(24)25)18(23)20-15/h6-11,16H,4-5H2,1-3H3,(H,19,20,22,23)/b9-7+. The molecule has 0 aromatic heterocycles. The van der Waals surface area contributed by atoms with Gasteiger partial charge in [0.1, 0.15) is 5.84 Å². The second-order valence-electron chi connectivity index (χ2n) is 5.82. The molecule has 0 bridgehead atoms. The summed E-state index contributed by atoms with van der Waals surface area (Å²) >= 11 is 0. The number of ether oxygens (including phenoxy) is 2. The summed E-state index contributed by atoms with van der Waals surface area (Å²) in [5.74, 6) is -0.974. The van der Waals surface area contributed by atoms with Crippen molar-refractivity contribution in [3.8, 4) is 11.5 Å². The summed E-state index contributed by atoms with van der Waals surface area (Å²) in [4.78, 5) is 36.6. The maximum atomic E-state index is 11.7. The predicted molar refractivity (Wildman–Crippen MR) is 98.4 cm³/mol. The molecule has 0 aliphatic carbocycles. The molecule has 0 saturated carbocycles. The van der Waals surface area contributed by atoms with E-state index in [9.17, 15) is 19.7 Å². The van der Waals surface area contributed by atoms with Crippen LogP contribution >= 0.6 is 0 Å². The van der Waals surface area contributed by atoms with E-state index < -0.39 is 22.8 Å². The quantitative estimate of drug-likeness (QED) is 0.421. The van der Waals surface area contributed by atoms with E-state index in [0.29, 0.717) is 18.1 Å². The molecule has 1 aliphatic rings. The molecule has 0 fully saturated rings. The third kappa shape index (κ3) is 5.13. The summed E-state index contributed by atoms with van der Waals surface area (Å²) in [6, 6.07) is 3.31. The van der Waals surface area contributed by atoms with Crippen molar-refractivity contribution in [2.24, 2.45) is 4.99 Å². The van der Waals surface area contributed by atoms with Crippen LogP contribution in [0.5, 0.6) is 11.5 Å². The first kappa shape index (κ1) is 20.1. The lowest BCUT2D eigenvalue weighted by atomic mass is 10.1. The van der Waals surface area contributed by atoms with Gasteiger partial charge in [0, 0.05) is 4.92 Å². The van der Waals surface area contributed by atoms with E-state index in [1.54, 1.807) is 24.3 Å². The molecule has 1 heterocycles. The number of amidine groups is 1. The Balaban J connectivity index is 2.20. The number of nitro groups is 1. The highest BCUT2D eigenvalue weighted by Crippen LogP contribution is 2.30. The topological polar surface area (TPSA) is 120 Å². The number of carbonyl (C=O) groups is 2. The van der Waals surface area contributed by atoms with Crippen LogP contribution in [0.3, 0.4) is 0 Å². The smallest absolute Gasteiger partial charge is 0.368 e. The molecule has 0 spiro atoms. The monoisotopic (exact) mass is 375 g/mol. The Morgan fingerprint density at radius 3 is 2.63 bits per heavy atom. The lowest BCUT2D eigenvalue weighted by Gasteiger charge is -2.16. The summed E-state index contributed by atoms with van der Waals surface area (Å²) in [5.41, 5.74) is 0.718. The Morgan fingerprint density at radius 2 is 2.04 bits per heavy atom. The third-order valence-corrected chi connectivity index (χ3v) is 3.78. The average Bonchev–Trinajstić information content (AvgIpc) is 2.61. The minimum absolute atomic E-state index is 0.0398. The zero-order valence-corrected chi connectivity index (χ0v) is 15.3. The average molecular weight is 375 g/mol. The van der Waals surface area contributed by atoms with Gasteiger partial charge in [-0.15, -0.1) is 0 Å². The summed E-state index contributed by atoms with van der Waals surface area (Å²) in [5, 5.41) is 12.9. The Hall–Kier alpha value is -3.23. The van der Waals surface area contributed by atoms with Crippen molar-refractivity contribution in [1.82, 2.24) is 5.32 Å². The molecule has 2 atom stereocenters. The number of carbonyl (C=O) groups excluding carboxylic acids is 2. The first-order chi connectivity index (χ1) is 12.8. The number of nitrogens with one attached hydrogen (secondary N) is 1. The van der Waals surface area contributed by atoms with E-state index in [1.807, 2.05) is 20.8 Å². The molecule has 0 radical (unpaired) electrons. The molecule has 1 aliphatic heterocycles. The molecule has 2 unspecified atom stereocenters. The third-order valence-electron chi connectivity index (χ3n) is 3.78. The molecule has 9 heteroatoms. The highest BCUT2D eigenvalue weighted by Gasteiger charge is 2.41. The lowest BCUT2D eigenvalue weighted by Crippen LogP contribution is -2.50. The fourth-order valence-electron chi connectivity index (χ4n) is 2.25. The number of aliphatic imine (C=N–C) groups is 1. The minimum Gasteiger partial charge on any atom is -0.490 e. The number of hydrogen-bond acceptors (Lipinski definition) is 6. The number of rotatable bonds is 8. The molecule has 1 aromatic rings. The second kappa shape index (κ2) is 8.93. The van der Waals surface area contributed by atoms with Gasteiger partial charge in [-0.05, 0) is 44.0 Å². The molecule has 2 rings (SSSR count). The van der Waals surface area contributed by atoms with Crippen molar-refractivity contribution in [1.29, 1.82) is 0 Å². The van der Waals surface area contributed by atoms with Gasteiger partial charge in [0.15, 0.2) is 11.5 Å². The van der Waals surface area contributed by atoms with Crippen LogP contribution in [0.2, 0.25) is 0 Å². The maximum absolute atomic E-state index is 11.7. The zero-order valence-electron chi connectivity index (χ0n) is 15.3. The highest BCUT2D eigenvalue weighted by molar-refractivity contribution is 6.21. The van der Waals surface area contributed by atoms with E-state index in [1.165, 1.54) is 6.08 Å². The zero-order chi connectivity index (χ0) is 20.0. The van der Waals surface area contributed by atoms with Crippen LogP contribution < -0.4 is 14.8 Å². The Kier molecular flexibility index (Phi) is 6.64. The minimum atomic E-state index is -2.00. The number of hydrogen-bond donors (Lipinski definition) is 1. The van der Waals surface area contributed by atoms with Gasteiger partial charge in [-0.25, -0.2) is 0 Å². The number of nitrogens with zero attached hydrogens (tertiary/aromatic N) is 2. The summed E-state index contributed by atoms with van der Waals surface area (Å²) in [6.45, 7) is 6.30. The Bertz CT molecular complexity index is 802. The SMILES string of the molecule is CCOc1cc(/C=C/C2=NC(=O)C([N+](=O)[O-])C(=O)N2)ccc1OC(C)CC. The van der Waals surface area contributed by atoms with E-state index in [2.05, 4.69) is 10.3 Å². The van der Waals surface area contributed by atoms with Crippen LogP contribution in [0, 0.1) is 10.1 Å². The summed E-state index contributed by atoms with van der Waals surface area (Å²) in [7, 11) is 0. The lowest BCUT2D eigenvalue weighted by molar-refractivity contribution is -0.493. The fourth-order valence-corrected chi connectivity index (χ4v) is 2.25. The molecule has 1 aromatic carbocycles. The highest BCUT2D eigenvalue weighted by atomic mass is 16.6. The van der Waals surface area contributed by atoms with Gasteiger partial charge in [-0.1, -0.05) is 19.1 Å². The van der Waals surface area contributed by atoms with Gasteiger partial charge in [0.2, 0.25) is 0 Å². The van der Waals surface area contributed by atoms with E-state index in [0.717, 1.165) is 12.0 Å². The van der Waals surface area contributed by atoms with Gasteiger partial charge in [-0.3, -0.25) is 19.7 Å². The van der Waals surface area contributed by atoms with Crippen molar-refractivity contribution in [2.45, 2.75) is 39.3 Å². The van der Waals surface area contributed by atoms with Crippen LogP contribution in [0.25, 0.3) is 6.08 Å². The second-order valence-corrected chi connectivity index (χ2v) is 5.82. The molecule has 9 nitrogen and oxygen atoms in total. The molecule has 2 amide bonds. The van der Waals surface area contributed by atoms with Crippen LogP contribution in [0.4, 0.5) is 0 Å². The maximum Gasteiger partial charge on any atom is 0.368 e. The first-order valence-electron chi connectivity index (χ1n) is 8.54. The Morgan fingerprint density at radius 1 is 1.30 bits per heavy atom. The van der Waals surface area contributed by atoms with Crippen molar-refractivity contribution in [3.05, 3.63) is 40.0 Å². The van der Waals surface area contributed by atoms with E-state index in [-0.39, 0.29) is 11.9 Å². The predicted octanol–water partition coefficient (Wildman–Crippen LogP) is 1.98. The van der Waals surface area contributed by atoms with E-state index in [4.69, 9.17) is 9.47 Å². The van der Waals surface area contributed by atoms with Crippen LogP contribution in [-0.4, -0.2) is 41.3 Å². The van der Waals surface area contributed by atoms with Gasteiger partial charge in [0.05, 0.1) is 12.7 Å². The molecule has 27 heavy (non-hydrogen) atoms. The number of benzene rings is 1. The number of amides is 2. The summed E-state index contributed by atoms with van der Waals surface area (Å²) < 4.78 is 11.4. The molecule has 144 valence electrons. The van der Waals surface area contributed by atoms with Crippen molar-refractivity contribution in [3.63, 3.8) is 0 Å². The van der Waals surface area contributed by atoms with Crippen molar-refractivity contribution < 1.29 is 24.0 Å². The molecular weight excluding hydrogens is 354 g/mol. The molecule has 0 saturated heterocycles. The molecule has 1 N–H and O–H groups in total. The normalized spacial score (nSPS) is 18.0. The Labute approximate surface area is 156 Å². The van der Waals surface area contributed by atoms with Crippen molar-refractivity contribution in [2.75, 3.05) is 6.61 Å². The van der Waals surface area contributed by atoms with Crippen LogP contribution in [-0.2, 0) is 9.59 Å². The summed E-state index contributed by atoms with van der Waals surface area (Å²) in [6.07, 6.45) is 3.89. The molecular formula is C18H21N3O6. The van der Waals surface area contributed by atoms with E-state index >= 15 is 0 Å². The van der Waals surface area contributed by atoms with Gasteiger partial charge in [0.25, 0.3) is 0 Å². The first-order valence-corrected chi connectivity index (χ1v) is 8.54. The fraction of sp³-hybridized carbons (Fsp3) is 0.389. The van der Waals surface area contributed by atoms with Gasteiger partial charge < -0.3 is 14.8 Å². The van der Waals surface area contributed by atoms with Gasteiger partial charge >= 0.3 is 17.9 Å². The van der Waals surface area contributed by atoms with Gasteiger partial charge in [-0.2, -0.15) is 4.99 Å². The van der Waals surface area contributed by atoms with Crippen LogP contribution in [0.15, 0.2) is 29.3 Å². The van der Waals surface area contributed by atoms with Crippen molar-refractivity contribution >= 4 is 23.7 Å². The largest absolute Gasteiger partial charge is 0.490 e. The van der Waals surface area contributed by atoms with Crippen LogP contribution in [0.1, 0.15) is 32.8 Å².